The Hall–Kier alpha value is -0.750. The molecule has 0 aliphatic heterocycles. The molecule has 0 aliphatic rings. The van der Waals surface area contributed by atoms with Crippen LogP contribution in [0.25, 0.3) is 0 Å². The van der Waals surface area contributed by atoms with Crippen molar-refractivity contribution in [1.29, 1.82) is 0 Å². The summed E-state index contributed by atoms with van der Waals surface area (Å²) in [5.74, 6) is -1.21. The van der Waals surface area contributed by atoms with Crippen molar-refractivity contribution in [3.8, 4) is 0 Å². The highest BCUT2D eigenvalue weighted by atomic mass is 79.9. The molecule has 0 unspecified atom stereocenters. The largest absolute Gasteiger partial charge is 0.481 e. The van der Waals surface area contributed by atoms with Gasteiger partial charge < -0.3 is 5.11 Å². The van der Waals surface area contributed by atoms with Crippen LogP contribution in [0.1, 0.15) is 23.4 Å². The first-order valence-corrected chi connectivity index (χ1v) is 5.69. The van der Waals surface area contributed by atoms with Crippen molar-refractivity contribution in [2.45, 2.75) is 18.2 Å². The molecule has 0 spiro atoms. The Labute approximate surface area is 104 Å². The van der Waals surface area contributed by atoms with Gasteiger partial charge in [-0.3, -0.25) is 9.78 Å². The summed E-state index contributed by atoms with van der Waals surface area (Å²) in [6.07, 6.45) is -3.33. The van der Waals surface area contributed by atoms with Crippen LogP contribution >= 0.6 is 27.5 Å². The molecule has 0 saturated carbocycles. The Bertz CT molecular complexity index is 415. The van der Waals surface area contributed by atoms with Gasteiger partial charge in [0.25, 0.3) is 6.43 Å². The summed E-state index contributed by atoms with van der Waals surface area (Å²) in [4.78, 5) is 14.3. The van der Waals surface area contributed by atoms with Crippen LogP contribution in [0.3, 0.4) is 0 Å². The molecule has 3 nitrogen and oxygen atoms in total. The topological polar surface area (TPSA) is 50.2 Å². The van der Waals surface area contributed by atoms with Crippen molar-refractivity contribution in [2.75, 3.05) is 0 Å². The molecule has 0 saturated heterocycles. The molecule has 88 valence electrons. The summed E-state index contributed by atoms with van der Waals surface area (Å²) in [5.41, 5.74) is -0.235. The number of carboxylic acid groups (broad SMARTS) is 1. The number of hydrogen-bond acceptors (Lipinski definition) is 2. The van der Waals surface area contributed by atoms with E-state index < -0.39 is 24.4 Å². The molecule has 0 aromatic carbocycles. The van der Waals surface area contributed by atoms with Crippen molar-refractivity contribution in [3.05, 3.63) is 28.0 Å². The van der Waals surface area contributed by atoms with Crippen LogP contribution in [0.2, 0.25) is 5.02 Å². The van der Waals surface area contributed by atoms with E-state index in [-0.39, 0.29) is 16.0 Å². The van der Waals surface area contributed by atoms with E-state index in [9.17, 15) is 13.6 Å². The van der Waals surface area contributed by atoms with Gasteiger partial charge in [0, 0.05) is 10.9 Å². The Morgan fingerprint density at radius 2 is 2.19 bits per heavy atom. The predicted molar refractivity (Wildman–Crippen MR) is 58.2 cm³/mol. The SMILES string of the molecule is O=C(O)Cc1nc(CBr)c(Cl)cc1C(F)F. The number of rotatable bonds is 4. The van der Waals surface area contributed by atoms with Gasteiger partial charge in [0.2, 0.25) is 0 Å². The number of aliphatic carboxylic acids is 1. The average molecular weight is 315 g/mol. The van der Waals surface area contributed by atoms with Gasteiger partial charge in [-0.15, -0.1) is 0 Å². The van der Waals surface area contributed by atoms with Crippen molar-refractivity contribution in [2.24, 2.45) is 0 Å². The van der Waals surface area contributed by atoms with E-state index >= 15 is 0 Å². The van der Waals surface area contributed by atoms with Gasteiger partial charge in [-0.05, 0) is 6.07 Å². The number of carbonyl (C=O) groups is 1. The Morgan fingerprint density at radius 1 is 1.56 bits per heavy atom. The zero-order chi connectivity index (χ0) is 12.3. The van der Waals surface area contributed by atoms with Crippen LogP contribution in [0.15, 0.2) is 6.07 Å². The molecule has 0 fully saturated rings. The number of alkyl halides is 3. The third-order valence-electron chi connectivity index (χ3n) is 1.84. The van der Waals surface area contributed by atoms with Crippen LogP contribution in [-0.4, -0.2) is 16.1 Å². The van der Waals surface area contributed by atoms with E-state index in [0.29, 0.717) is 5.69 Å². The van der Waals surface area contributed by atoms with E-state index in [1.807, 2.05) is 0 Å². The minimum atomic E-state index is -2.79. The van der Waals surface area contributed by atoms with E-state index in [4.69, 9.17) is 16.7 Å². The van der Waals surface area contributed by atoms with Gasteiger partial charge >= 0.3 is 5.97 Å². The smallest absolute Gasteiger partial charge is 0.309 e. The molecule has 0 bridgehead atoms. The number of aromatic nitrogens is 1. The lowest BCUT2D eigenvalue weighted by Gasteiger charge is -2.09. The maximum absolute atomic E-state index is 12.6. The van der Waals surface area contributed by atoms with Gasteiger partial charge in [0.05, 0.1) is 22.8 Å². The fraction of sp³-hybridized carbons (Fsp3) is 0.333. The monoisotopic (exact) mass is 313 g/mol. The number of pyridine rings is 1. The van der Waals surface area contributed by atoms with E-state index in [1.54, 1.807) is 0 Å². The highest BCUT2D eigenvalue weighted by Gasteiger charge is 2.19. The Morgan fingerprint density at radius 3 is 2.62 bits per heavy atom. The van der Waals surface area contributed by atoms with Crippen LogP contribution in [-0.2, 0) is 16.5 Å². The minimum Gasteiger partial charge on any atom is -0.481 e. The van der Waals surface area contributed by atoms with Crippen molar-refractivity contribution in [1.82, 2.24) is 4.98 Å². The first-order chi connectivity index (χ1) is 7.45. The average Bonchev–Trinajstić information content (AvgIpc) is 2.19. The summed E-state index contributed by atoms with van der Waals surface area (Å²) in [5, 5.41) is 8.95. The fourth-order valence-corrected chi connectivity index (χ4v) is 1.97. The molecule has 0 amide bonds. The summed E-state index contributed by atoms with van der Waals surface area (Å²) >= 11 is 8.80. The molecule has 0 atom stereocenters. The first kappa shape index (κ1) is 13.3. The summed E-state index contributed by atoms with van der Waals surface area (Å²) < 4.78 is 25.2. The Balaban J connectivity index is 3.24. The van der Waals surface area contributed by atoms with Gasteiger partial charge in [-0.25, -0.2) is 8.78 Å². The van der Waals surface area contributed by atoms with E-state index in [1.165, 1.54) is 0 Å². The van der Waals surface area contributed by atoms with Gasteiger partial charge in [-0.2, -0.15) is 0 Å². The maximum Gasteiger partial charge on any atom is 0.309 e. The molecule has 1 rings (SSSR count). The van der Waals surface area contributed by atoms with Crippen molar-refractivity contribution < 1.29 is 18.7 Å². The van der Waals surface area contributed by atoms with Crippen LogP contribution in [0.4, 0.5) is 8.78 Å². The molecule has 1 aromatic heterocycles. The molecule has 1 aromatic rings. The van der Waals surface area contributed by atoms with Gasteiger partial charge in [-0.1, -0.05) is 27.5 Å². The fourth-order valence-electron chi connectivity index (χ4n) is 1.15. The Kier molecular flexibility index (Phi) is 4.61. The maximum atomic E-state index is 12.6. The lowest BCUT2D eigenvalue weighted by molar-refractivity contribution is -0.136. The number of nitrogens with zero attached hydrogens (tertiary/aromatic N) is 1. The van der Waals surface area contributed by atoms with Crippen LogP contribution in [0.5, 0.6) is 0 Å². The van der Waals surface area contributed by atoms with Crippen molar-refractivity contribution >= 4 is 33.5 Å². The second-order valence-electron chi connectivity index (χ2n) is 2.96. The molecular formula is C9H7BrClF2NO2. The summed E-state index contributed by atoms with van der Waals surface area (Å²) in [6, 6.07) is 1.06. The third kappa shape index (κ3) is 3.12. The van der Waals surface area contributed by atoms with Crippen molar-refractivity contribution in [3.63, 3.8) is 0 Å². The summed E-state index contributed by atoms with van der Waals surface area (Å²) in [7, 11) is 0. The molecule has 0 aliphatic carbocycles. The molecule has 7 heteroatoms. The highest BCUT2D eigenvalue weighted by Crippen LogP contribution is 2.28. The molecule has 1 heterocycles. The normalized spacial score (nSPS) is 10.8. The van der Waals surface area contributed by atoms with Gasteiger partial charge in [0.15, 0.2) is 0 Å². The quantitative estimate of drug-likeness (QED) is 0.868. The number of carboxylic acids is 1. The zero-order valence-corrected chi connectivity index (χ0v) is 10.2. The molecule has 1 N–H and O–H groups in total. The van der Waals surface area contributed by atoms with E-state index in [0.717, 1.165) is 6.07 Å². The van der Waals surface area contributed by atoms with Gasteiger partial charge in [0.1, 0.15) is 0 Å². The van der Waals surface area contributed by atoms with E-state index in [2.05, 4.69) is 20.9 Å². The lowest BCUT2D eigenvalue weighted by Crippen LogP contribution is -2.08. The number of hydrogen-bond donors (Lipinski definition) is 1. The highest BCUT2D eigenvalue weighted by molar-refractivity contribution is 9.08. The van der Waals surface area contributed by atoms with Crippen LogP contribution in [0, 0.1) is 0 Å². The lowest BCUT2D eigenvalue weighted by atomic mass is 10.1. The van der Waals surface area contributed by atoms with Crippen LogP contribution < -0.4 is 0 Å². The molecule has 0 radical (unpaired) electrons. The third-order valence-corrected chi connectivity index (χ3v) is 2.70. The second kappa shape index (κ2) is 5.54. The minimum absolute atomic E-state index is 0.0984. The number of halogens is 4. The first-order valence-electron chi connectivity index (χ1n) is 4.19. The molecular weight excluding hydrogens is 307 g/mol. The zero-order valence-electron chi connectivity index (χ0n) is 7.88. The standard InChI is InChI=1S/C9H7BrClF2NO2/c10-3-7-5(11)1-4(9(12)13)6(14-7)2-8(15)16/h1,9H,2-3H2,(H,15,16). The molecule has 16 heavy (non-hydrogen) atoms. The summed E-state index contributed by atoms with van der Waals surface area (Å²) in [6.45, 7) is 0. The predicted octanol–water partition coefficient (Wildman–Crippen LogP) is 3.19. The second-order valence-corrected chi connectivity index (χ2v) is 3.93.